The molecule has 1 saturated heterocycles. The van der Waals surface area contributed by atoms with Crippen molar-refractivity contribution < 1.29 is 0 Å². The summed E-state index contributed by atoms with van der Waals surface area (Å²) in [6.07, 6.45) is 4.91. The van der Waals surface area contributed by atoms with Gasteiger partial charge in [0, 0.05) is 31.7 Å². The first-order valence-electron chi connectivity index (χ1n) is 5.39. The minimum Gasteiger partial charge on any atom is -0.311 e. The Labute approximate surface area is 81.0 Å². The van der Waals surface area contributed by atoms with Crippen LogP contribution in [0.3, 0.4) is 0 Å². The van der Waals surface area contributed by atoms with Crippen molar-refractivity contribution in [1.29, 1.82) is 0 Å². The quantitative estimate of drug-likeness (QED) is 0.657. The third kappa shape index (κ3) is 2.12. The molecular weight excluding hydrogens is 160 g/mol. The third-order valence-corrected chi connectivity index (χ3v) is 3.18. The summed E-state index contributed by atoms with van der Waals surface area (Å²) in [5.41, 5.74) is 0. The molecule has 1 aliphatic heterocycles. The van der Waals surface area contributed by atoms with Gasteiger partial charge in [0.1, 0.15) is 0 Å². The molecule has 1 aliphatic carbocycles. The van der Waals surface area contributed by atoms with E-state index in [1.807, 2.05) is 6.08 Å². The molecular formula is C11H20N2. The summed E-state index contributed by atoms with van der Waals surface area (Å²) in [6, 6.07) is 1.43. The minimum absolute atomic E-state index is 0.648. The molecule has 1 saturated carbocycles. The molecule has 1 N–H and O–H groups in total. The molecule has 13 heavy (non-hydrogen) atoms. The molecule has 0 radical (unpaired) electrons. The van der Waals surface area contributed by atoms with E-state index in [-0.39, 0.29) is 0 Å². The Bertz CT molecular complexity index is 187. The van der Waals surface area contributed by atoms with Gasteiger partial charge < -0.3 is 5.32 Å². The van der Waals surface area contributed by atoms with Gasteiger partial charge in [-0.1, -0.05) is 6.08 Å². The summed E-state index contributed by atoms with van der Waals surface area (Å²) >= 11 is 0. The maximum absolute atomic E-state index is 3.83. The molecule has 74 valence electrons. The number of hydrogen-bond acceptors (Lipinski definition) is 2. The molecule has 0 aromatic carbocycles. The summed E-state index contributed by atoms with van der Waals surface area (Å²) in [6.45, 7) is 9.53. The first-order valence-corrected chi connectivity index (χ1v) is 5.39. The van der Waals surface area contributed by atoms with Crippen LogP contribution >= 0.6 is 0 Å². The first-order chi connectivity index (χ1) is 6.31. The number of rotatable bonds is 3. The second-order valence-corrected chi connectivity index (χ2v) is 4.46. The van der Waals surface area contributed by atoms with Gasteiger partial charge in [0.05, 0.1) is 0 Å². The molecule has 2 nitrogen and oxygen atoms in total. The molecule has 0 spiro atoms. The summed E-state index contributed by atoms with van der Waals surface area (Å²) in [4.78, 5) is 2.59. The van der Waals surface area contributed by atoms with Gasteiger partial charge in [0.2, 0.25) is 0 Å². The summed E-state index contributed by atoms with van der Waals surface area (Å²) < 4.78 is 0. The predicted molar refractivity (Wildman–Crippen MR) is 55.7 cm³/mol. The monoisotopic (exact) mass is 180 g/mol. The highest BCUT2D eigenvalue weighted by atomic mass is 15.2. The van der Waals surface area contributed by atoms with E-state index in [2.05, 4.69) is 23.7 Å². The van der Waals surface area contributed by atoms with Crippen molar-refractivity contribution in [2.75, 3.05) is 19.6 Å². The Balaban J connectivity index is 1.94. The van der Waals surface area contributed by atoms with Crippen molar-refractivity contribution >= 4 is 0 Å². The van der Waals surface area contributed by atoms with Gasteiger partial charge in [0.25, 0.3) is 0 Å². The van der Waals surface area contributed by atoms with Crippen molar-refractivity contribution in [2.45, 2.75) is 31.8 Å². The van der Waals surface area contributed by atoms with E-state index in [0.29, 0.717) is 6.04 Å². The van der Waals surface area contributed by atoms with Crippen molar-refractivity contribution in [1.82, 2.24) is 10.2 Å². The Morgan fingerprint density at radius 3 is 2.92 bits per heavy atom. The van der Waals surface area contributed by atoms with Crippen LogP contribution < -0.4 is 5.32 Å². The van der Waals surface area contributed by atoms with E-state index in [4.69, 9.17) is 0 Å². The first kappa shape index (κ1) is 9.22. The fourth-order valence-corrected chi connectivity index (χ4v) is 2.32. The Kier molecular flexibility index (Phi) is 2.70. The van der Waals surface area contributed by atoms with Crippen molar-refractivity contribution in [2.24, 2.45) is 5.92 Å². The normalized spacial score (nSPS) is 36.1. The minimum atomic E-state index is 0.648. The fourth-order valence-electron chi connectivity index (χ4n) is 2.32. The van der Waals surface area contributed by atoms with Crippen LogP contribution in [0.5, 0.6) is 0 Å². The molecule has 0 aromatic rings. The van der Waals surface area contributed by atoms with E-state index in [1.54, 1.807) is 0 Å². The van der Waals surface area contributed by atoms with E-state index >= 15 is 0 Å². The second kappa shape index (κ2) is 3.81. The number of piperazine rings is 1. The molecule has 0 amide bonds. The lowest BCUT2D eigenvalue weighted by molar-refractivity contribution is 0.134. The van der Waals surface area contributed by atoms with Gasteiger partial charge in [-0.15, -0.1) is 6.58 Å². The molecule has 0 bridgehead atoms. The number of nitrogens with zero attached hydrogens (tertiary/aromatic N) is 1. The maximum atomic E-state index is 3.83. The van der Waals surface area contributed by atoms with Crippen molar-refractivity contribution in [3.8, 4) is 0 Å². The standard InChI is InChI=1S/C11H20N2/c1-3-6-13-8-9(2)12-7-11(13)10-4-5-10/h3,9-12H,1,4-8H2,2H3. The van der Waals surface area contributed by atoms with E-state index in [1.165, 1.54) is 25.9 Å². The second-order valence-electron chi connectivity index (χ2n) is 4.46. The average molecular weight is 180 g/mol. The Hall–Kier alpha value is -0.340. The van der Waals surface area contributed by atoms with Crippen LogP contribution in [0.2, 0.25) is 0 Å². The van der Waals surface area contributed by atoms with Gasteiger partial charge in [0.15, 0.2) is 0 Å². The van der Waals surface area contributed by atoms with Gasteiger partial charge in [-0.3, -0.25) is 4.90 Å². The highest BCUT2D eigenvalue weighted by Gasteiger charge is 2.37. The van der Waals surface area contributed by atoms with Crippen LogP contribution in [0.25, 0.3) is 0 Å². The van der Waals surface area contributed by atoms with Crippen LogP contribution in [0, 0.1) is 5.92 Å². The summed E-state index contributed by atoms with van der Waals surface area (Å²) in [5, 5.41) is 3.57. The highest BCUT2D eigenvalue weighted by molar-refractivity contribution is 4.95. The molecule has 1 heterocycles. The smallest absolute Gasteiger partial charge is 0.0252 e. The lowest BCUT2D eigenvalue weighted by atomic mass is 10.1. The van der Waals surface area contributed by atoms with Gasteiger partial charge in [-0.2, -0.15) is 0 Å². The van der Waals surface area contributed by atoms with E-state index in [9.17, 15) is 0 Å². The van der Waals surface area contributed by atoms with Crippen molar-refractivity contribution in [3.63, 3.8) is 0 Å². The summed E-state index contributed by atoms with van der Waals surface area (Å²) in [5.74, 6) is 0.972. The van der Waals surface area contributed by atoms with Gasteiger partial charge >= 0.3 is 0 Å². The zero-order valence-corrected chi connectivity index (χ0v) is 8.50. The van der Waals surface area contributed by atoms with Crippen molar-refractivity contribution in [3.05, 3.63) is 12.7 Å². The predicted octanol–water partition coefficient (Wildman–Crippen LogP) is 1.24. The van der Waals surface area contributed by atoms with Crippen LogP contribution in [0.15, 0.2) is 12.7 Å². The van der Waals surface area contributed by atoms with Gasteiger partial charge in [-0.05, 0) is 25.7 Å². The SMILES string of the molecule is C=CCN1CC(C)NCC1C1CC1. The maximum Gasteiger partial charge on any atom is 0.0252 e. The summed E-state index contributed by atoms with van der Waals surface area (Å²) in [7, 11) is 0. The third-order valence-electron chi connectivity index (χ3n) is 3.18. The Morgan fingerprint density at radius 2 is 2.31 bits per heavy atom. The molecule has 2 aliphatic rings. The number of hydrogen-bond donors (Lipinski definition) is 1. The van der Waals surface area contributed by atoms with E-state index in [0.717, 1.165) is 18.5 Å². The topological polar surface area (TPSA) is 15.3 Å². The lowest BCUT2D eigenvalue weighted by Gasteiger charge is -2.39. The Morgan fingerprint density at radius 1 is 1.54 bits per heavy atom. The molecule has 0 aromatic heterocycles. The molecule has 2 fully saturated rings. The molecule has 2 heteroatoms. The highest BCUT2D eigenvalue weighted by Crippen LogP contribution is 2.36. The van der Waals surface area contributed by atoms with Gasteiger partial charge in [-0.25, -0.2) is 0 Å². The van der Waals surface area contributed by atoms with Crippen LogP contribution in [0.1, 0.15) is 19.8 Å². The molecule has 2 rings (SSSR count). The fraction of sp³-hybridized carbons (Fsp3) is 0.818. The van der Waals surface area contributed by atoms with Crippen LogP contribution in [-0.2, 0) is 0 Å². The largest absolute Gasteiger partial charge is 0.311 e. The average Bonchev–Trinajstić information content (AvgIpc) is 2.88. The van der Waals surface area contributed by atoms with Crippen LogP contribution in [0.4, 0.5) is 0 Å². The zero-order chi connectivity index (χ0) is 9.26. The zero-order valence-electron chi connectivity index (χ0n) is 8.50. The molecule has 2 unspecified atom stereocenters. The van der Waals surface area contributed by atoms with Crippen LogP contribution in [-0.4, -0.2) is 36.6 Å². The van der Waals surface area contributed by atoms with E-state index < -0.39 is 0 Å². The lowest BCUT2D eigenvalue weighted by Crippen LogP contribution is -2.56. The number of nitrogens with one attached hydrogen (secondary N) is 1. The molecule has 2 atom stereocenters.